The molecule has 0 aromatic carbocycles. The van der Waals surface area contributed by atoms with Gasteiger partial charge in [0.05, 0.1) is 5.60 Å². The van der Waals surface area contributed by atoms with Crippen molar-refractivity contribution in [2.45, 2.75) is 83.8 Å². The first-order valence-electron chi connectivity index (χ1n) is 7.96. The fourth-order valence-electron chi connectivity index (χ4n) is 3.38. The Morgan fingerprint density at radius 3 is 2.11 bits per heavy atom. The first-order chi connectivity index (χ1) is 8.64. The van der Waals surface area contributed by atoms with Gasteiger partial charge in [-0.3, -0.25) is 0 Å². The van der Waals surface area contributed by atoms with Gasteiger partial charge >= 0.3 is 0 Å². The lowest BCUT2D eigenvalue weighted by molar-refractivity contribution is -0.0778. The molecule has 1 saturated carbocycles. The van der Waals surface area contributed by atoms with Crippen LogP contribution in [-0.4, -0.2) is 25.3 Å². The molecule has 0 aromatic heterocycles. The minimum Gasteiger partial charge on any atom is -0.374 e. The van der Waals surface area contributed by atoms with Gasteiger partial charge in [0, 0.05) is 12.6 Å². The molecule has 1 aliphatic rings. The van der Waals surface area contributed by atoms with Gasteiger partial charge in [-0.1, -0.05) is 39.5 Å². The van der Waals surface area contributed by atoms with Crippen LogP contribution in [0.5, 0.6) is 0 Å². The third-order valence-electron chi connectivity index (χ3n) is 4.40. The van der Waals surface area contributed by atoms with E-state index in [0.29, 0.717) is 6.04 Å². The predicted octanol–water partition coefficient (Wildman–Crippen LogP) is 4.14. The molecule has 1 aliphatic carbocycles. The summed E-state index contributed by atoms with van der Waals surface area (Å²) in [5.41, 5.74) is 0.106. The molecule has 0 bridgehead atoms. The van der Waals surface area contributed by atoms with Crippen molar-refractivity contribution in [3.8, 4) is 0 Å². The SMILES string of the molecule is CCOC1(C(CCC(C)C)NC)CCCCCC1. The zero-order valence-corrected chi connectivity index (χ0v) is 12.9. The Kier molecular flexibility index (Phi) is 7.25. The van der Waals surface area contributed by atoms with E-state index in [1.807, 2.05) is 0 Å². The monoisotopic (exact) mass is 255 g/mol. The van der Waals surface area contributed by atoms with Gasteiger partial charge < -0.3 is 10.1 Å². The molecule has 108 valence electrons. The van der Waals surface area contributed by atoms with Crippen LogP contribution in [0.4, 0.5) is 0 Å². The number of ether oxygens (including phenoxy) is 1. The molecule has 0 amide bonds. The van der Waals surface area contributed by atoms with Crippen LogP contribution in [0.15, 0.2) is 0 Å². The van der Waals surface area contributed by atoms with Gasteiger partial charge in [-0.2, -0.15) is 0 Å². The lowest BCUT2D eigenvalue weighted by Crippen LogP contribution is -2.51. The highest BCUT2D eigenvalue weighted by molar-refractivity contribution is 4.94. The third kappa shape index (κ3) is 4.55. The smallest absolute Gasteiger partial charge is 0.0834 e. The van der Waals surface area contributed by atoms with E-state index in [1.54, 1.807) is 0 Å². The Morgan fingerprint density at radius 2 is 1.67 bits per heavy atom. The quantitative estimate of drug-likeness (QED) is 0.690. The van der Waals surface area contributed by atoms with Gasteiger partial charge in [-0.25, -0.2) is 0 Å². The van der Waals surface area contributed by atoms with Gasteiger partial charge in [0.2, 0.25) is 0 Å². The molecule has 2 nitrogen and oxygen atoms in total. The fraction of sp³-hybridized carbons (Fsp3) is 1.00. The Morgan fingerprint density at radius 1 is 1.06 bits per heavy atom. The Hall–Kier alpha value is -0.0800. The normalized spacial score (nSPS) is 21.8. The van der Waals surface area contributed by atoms with Gasteiger partial charge in [0.1, 0.15) is 0 Å². The van der Waals surface area contributed by atoms with Crippen LogP contribution < -0.4 is 5.32 Å². The van der Waals surface area contributed by atoms with E-state index >= 15 is 0 Å². The molecule has 1 fully saturated rings. The number of hydrogen-bond acceptors (Lipinski definition) is 2. The highest BCUT2D eigenvalue weighted by atomic mass is 16.5. The van der Waals surface area contributed by atoms with Crippen molar-refractivity contribution in [1.29, 1.82) is 0 Å². The average Bonchev–Trinajstić information content (AvgIpc) is 2.56. The Labute approximate surface area is 114 Å². The van der Waals surface area contributed by atoms with E-state index < -0.39 is 0 Å². The van der Waals surface area contributed by atoms with Crippen molar-refractivity contribution < 1.29 is 4.74 Å². The fourth-order valence-corrected chi connectivity index (χ4v) is 3.38. The van der Waals surface area contributed by atoms with Crippen LogP contribution in [-0.2, 0) is 4.74 Å². The summed E-state index contributed by atoms with van der Waals surface area (Å²) < 4.78 is 6.27. The third-order valence-corrected chi connectivity index (χ3v) is 4.40. The summed E-state index contributed by atoms with van der Waals surface area (Å²) in [5.74, 6) is 0.783. The highest BCUT2D eigenvalue weighted by Gasteiger charge is 2.38. The van der Waals surface area contributed by atoms with Crippen molar-refractivity contribution in [1.82, 2.24) is 5.32 Å². The van der Waals surface area contributed by atoms with Crippen molar-refractivity contribution in [3.05, 3.63) is 0 Å². The van der Waals surface area contributed by atoms with Crippen molar-refractivity contribution >= 4 is 0 Å². The maximum absolute atomic E-state index is 6.27. The minimum absolute atomic E-state index is 0.106. The van der Waals surface area contributed by atoms with Crippen LogP contribution in [0.3, 0.4) is 0 Å². The number of likely N-dealkylation sites (N-methyl/N-ethyl adjacent to an activating group) is 1. The van der Waals surface area contributed by atoms with Gasteiger partial charge in [-0.15, -0.1) is 0 Å². The number of rotatable bonds is 7. The topological polar surface area (TPSA) is 21.3 Å². The molecule has 0 aliphatic heterocycles. The molecule has 0 aromatic rings. The molecular weight excluding hydrogens is 222 g/mol. The number of hydrogen-bond donors (Lipinski definition) is 1. The molecule has 0 radical (unpaired) electrons. The van der Waals surface area contributed by atoms with Crippen LogP contribution in [0.25, 0.3) is 0 Å². The van der Waals surface area contributed by atoms with Crippen LogP contribution >= 0.6 is 0 Å². The predicted molar refractivity (Wildman–Crippen MR) is 79.0 cm³/mol. The molecule has 1 unspecified atom stereocenters. The summed E-state index contributed by atoms with van der Waals surface area (Å²) in [4.78, 5) is 0. The highest BCUT2D eigenvalue weighted by Crippen LogP contribution is 2.35. The molecular formula is C16H33NO. The van der Waals surface area contributed by atoms with E-state index in [9.17, 15) is 0 Å². The molecule has 18 heavy (non-hydrogen) atoms. The van der Waals surface area contributed by atoms with Crippen molar-refractivity contribution in [3.63, 3.8) is 0 Å². The van der Waals surface area contributed by atoms with E-state index in [4.69, 9.17) is 4.74 Å². The van der Waals surface area contributed by atoms with Crippen molar-refractivity contribution in [2.24, 2.45) is 5.92 Å². The molecule has 1 N–H and O–H groups in total. The zero-order chi connectivity index (χ0) is 13.4. The molecule has 1 atom stereocenters. The van der Waals surface area contributed by atoms with Gasteiger partial charge in [-0.05, 0) is 45.6 Å². The summed E-state index contributed by atoms with van der Waals surface area (Å²) in [6, 6.07) is 0.526. The summed E-state index contributed by atoms with van der Waals surface area (Å²) in [6.07, 6.45) is 10.5. The van der Waals surface area contributed by atoms with E-state index in [0.717, 1.165) is 12.5 Å². The van der Waals surface area contributed by atoms with E-state index in [1.165, 1.54) is 51.4 Å². The zero-order valence-electron chi connectivity index (χ0n) is 12.9. The van der Waals surface area contributed by atoms with Gasteiger partial charge in [0.25, 0.3) is 0 Å². The second-order valence-corrected chi connectivity index (χ2v) is 6.22. The first-order valence-corrected chi connectivity index (χ1v) is 7.96. The van der Waals surface area contributed by atoms with Crippen molar-refractivity contribution in [2.75, 3.05) is 13.7 Å². The van der Waals surface area contributed by atoms with Crippen LogP contribution in [0.2, 0.25) is 0 Å². The van der Waals surface area contributed by atoms with E-state index in [2.05, 4.69) is 33.1 Å². The second kappa shape index (κ2) is 8.16. The summed E-state index contributed by atoms with van der Waals surface area (Å²) in [5, 5.41) is 3.56. The first kappa shape index (κ1) is 16.0. The lowest BCUT2D eigenvalue weighted by atomic mass is 9.82. The Bertz CT molecular complexity index is 207. The number of nitrogens with one attached hydrogen (secondary N) is 1. The van der Waals surface area contributed by atoms with Crippen LogP contribution in [0.1, 0.15) is 72.1 Å². The summed E-state index contributed by atoms with van der Waals surface area (Å²) >= 11 is 0. The lowest BCUT2D eigenvalue weighted by Gasteiger charge is -2.40. The summed E-state index contributed by atoms with van der Waals surface area (Å²) in [6.45, 7) is 7.61. The second-order valence-electron chi connectivity index (χ2n) is 6.22. The molecule has 0 heterocycles. The molecule has 2 heteroatoms. The standard InChI is InChI=1S/C16H33NO/c1-5-18-16(12-8-6-7-9-13-16)15(17-4)11-10-14(2)3/h14-15,17H,5-13H2,1-4H3. The molecule has 1 rings (SSSR count). The maximum Gasteiger partial charge on any atom is 0.0834 e. The van der Waals surface area contributed by atoms with Crippen LogP contribution in [0, 0.1) is 5.92 Å². The maximum atomic E-state index is 6.27. The average molecular weight is 255 g/mol. The minimum atomic E-state index is 0.106. The van der Waals surface area contributed by atoms with Gasteiger partial charge in [0.15, 0.2) is 0 Å². The molecule has 0 spiro atoms. The summed E-state index contributed by atoms with van der Waals surface area (Å²) in [7, 11) is 2.11. The largest absolute Gasteiger partial charge is 0.374 e. The molecule has 0 saturated heterocycles. The van der Waals surface area contributed by atoms with E-state index in [-0.39, 0.29) is 5.60 Å². The Balaban J connectivity index is 2.70.